The van der Waals surface area contributed by atoms with Crippen molar-refractivity contribution in [3.8, 4) is 0 Å². The van der Waals surface area contributed by atoms with E-state index in [1.807, 2.05) is 6.92 Å². The highest BCUT2D eigenvalue weighted by atomic mass is 16.1. The predicted octanol–water partition coefficient (Wildman–Crippen LogP) is -0.0180. The van der Waals surface area contributed by atoms with E-state index in [1.165, 1.54) is 0 Å². The molecule has 0 bridgehead atoms. The minimum Gasteiger partial charge on any atom is -0.352 e. The van der Waals surface area contributed by atoms with Gasteiger partial charge in [0.2, 0.25) is 5.91 Å². The second kappa shape index (κ2) is 5.98. The first kappa shape index (κ1) is 11.5. The molecule has 14 heavy (non-hydrogen) atoms. The molecule has 1 aliphatic rings. The highest BCUT2D eigenvalue weighted by Crippen LogP contribution is 2.16. The Labute approximate surface area is 85.6 Å². The van der Waals surface area contributed by atoms with E-state index in [-0.39, 0.29) is 5.91 Å². The van der Waals surface area contributed by atoms with Crippen LogP contribution in [0.15, 0.2) is 0 Å². The third-order valence-corrected chi connectivity index (χ3v) is 2.67. The summed E-state index contributed by atoms with van der Waals surface area (Å²) in [7, 11) is 0. The maximum atomic E-state index is 11.3. The molecule has 4 heteroatoms. The molecule has 0 atom stereocenters. The van der Waals surface area contributed by atoms with Crippen LogP contribution in [0.4, 0.5) is 0 Å². The largest absolute Gasteiger partial charge is 0.352 e. The van der Waals surface area contributed by atoms with Crippen LogP contribution in [0.2, 0.25) is 0 Å². The lowest BCUT2D eigenvalue weighted by molar-refractivity contribution is -0.121. The van der Waals surface area contributed by atoms with Crippen LogP contribution in [0.1, 0.15) is 32.6 Å². The molecule has 0 unspecified atom stereocenters. The number of likely N-dealkylation sites (N-methyl/N-ethyl adjacent to an activating group) is 1. The quantitative estimate of drug-likeness (QED) is 0.596. The van der Waals surface area contributed by atoms with Gasteiger partial charge in [-0.3, -0.25) is 4.79 Å². The fraction of sp³-hybridized carbons (Fsp3) is 0.900. The molecule has 1 aliphatic carbocycles. The second-order valence-electron chi connectivity index (χ2n) is 3.96. The molecule has 4 N–H and O–H groups in total. The highest BCUT2D eigenvalue weighted by Gasteiger charge is 2.19. The average molecular weight is 199 g/mol. The van der Waals surface area contributed by atoms with Gasteiger partial charge in [0.25, 0.3) is 0 Å². The number of nitrogens with one attached hydrogen (secondary N) is 2. The molecule has 1 amide bonds. The van der Waals surface area contributed by atoms with Gasteiger partial charge in [0.15, 0.2) is 0 Å². The fourth-order valence-corrected chi connectivity index (χ4v) is 1.78. The van der Waals surface area contributed by atoms with Crippen LogP contribution in [0.5, 0.6) is 0 Å². The Bertz CT molecular complexity index is 176. The van der Waals surface area contributed by atoms with Crippen molar-refractivity contribution in [2.24, 2.45) is 5.73 Å². The van der Waals surface area contributed by atoms with Crippen molar-refractivity contribution in [1.29, 1.82) is 0 Å². The fourth-order valence-electron chi connectivity index (χ4n) is 1.78. The average Bonchev–Trinajstić information content (AvgIpc) is 2.18. The lowest BCUT2D eigenvalue weighted by atomic mass is 9.92. The van der Waals surface area contributed by atoms with Gasteiger partial charge in [-0.1, -0.05) is 6.92 Å². The van der Waals surface area contributed by atoms with Gasteiger partial charge >= 0.3 is 0 Å². The minimum absolute atomic E-state index is 0.104. The molecule has 0 aromatic rings. The van der Waals surface area contributed by atoms with Gasteiger partial charge in [-0.25, -0.2) is 0 Å². The summed E-state index contributed by atoms with van der Waals surface area (Å²) in [4.78, 5) is 11.3. The number of carbonyl (C=O) groups is 1. The first-order valence-electron chi connectivity index (χ1n) is 5.48. The third kappa shape index (κ3) is 4.07. The number of hydrogen-bond acceptors (Lipinski definition) is 3. The van der Waals surface area contributed by atoms with Gasteiger partial charge in [-0.15, -0.1) is 0 Å². The predicted molar refractivity (Wildman–Crippen MR) is 56.9 cm³/mol. The van der Waals surface area contributed by atoms with Gasteiger partial charge in [0.1, 0.15) is 0 Å². The Kier molecular flexibility index (Phi) is 4.90. The molecular formula is C10H21N3O. The number of amides is 1. The van der Waals surface area contributed by atoms with Crippen molar-refractivity contribution in [1.82, 2.24) is 10.6 Å². The summed E-state index contributed by atoms with van der Waals surface area (Å²) >= 11 is 0. The summed E-state index contributed by atoms with van der Waals surface area (Å²) in [5.41, 5.74) is 5.78. The molecule has 0 heterocycles. The van der Waals surface area contributed by atoms with Crippen molar-refractivity contribution < 1.29 is 4.79 Å². The Balaban J connectivity index is 2.14. The lowest BCUT2D eigenvalue weighted by Crippen LogP contribution is -2.43. The number of rotatable bonds is 4. The van der Waals surface area contributed by atoms with Crippen molar-refractivity contribution in [3.63, 3.8) is 0 Å². The SMILES string of the molecule is CCNCC(=O)NC1CCC(N)CC1. The van der Waals surface area contributed by atoms with Crippen LogP contribution in [0.25, 0.3) is 0 Å². The van der Waals surface area contributed by atoms with Crippen molar-refractivity contribution in [2.75, 3.05) is 13.1 Å². The zero-order chi connectivity index (χ0) is 10.4. The third-order valence-electron chi connectivity index (χ3n) is 2.67. The Hall–Kier alpha value is -0.610. The van der Waals surface area contributed by atoms with Crippen LogP contribution in [0, 0.1) is 0 Å². The first-order chi connectivity index (χ1) is 6.72. The Morgan fingerprint density at radius 3 is 2.57 bits per heavy atom. The van der Waals surface area contributed by atoms with E-state index in [0.717, 1.165) is 32.2 Å². The van der Waals surface area contributed by atoms with E-state index >= 15 is 0 Å². The zero-order valence-corrected chi connectivity index (χ0v) is 8.88. The topological polar surface area (TPSA) is 67.2 Å². The lowest BCUT2D eigenvalue weighted by Gasteiger charge is -2.26. The number of nitrogens with two attached hydrogens (primary N) is 1. The van der Waals surface area contributed by atoms with E-state index < -0.39 is 0 Å². The Morgan fingerprint density at radius 1 is 1.36 bits per heavy atom. The van der Waals surface area contributed by atoms with Crippen LogP contribution in [-0.2, 0) is 4.79 Å². The molecule has 1 saturated carbocycles. The molecule has 0 aromatic heterocycles. The molecule has 1 rings (SSSR count). The molecule has 0 radical (unpaired) electrons. The monoisotopic (exact) mass is 199 g/mol. The van der Waals surface area contributed by atoms with Crippen molar-refractivity contribution >= 4 is 5.91 Å². The van der Waals surface area contributed by atoms with Gasteiger partial charge in [0.05, 0.1) is 6.54 Å². The molecule has 82 valence electrons. The van der Waals surface area contributed by atoms with Crippen LogP contribution in [-0.4, -0.2) is 31.1 Å². The highest BCUT2D eigenvalue weighted by molar-refractivity contribution is 5.78. The van der Waals surface area contributed by atoms with Crippen LogP contribution >= 0.6 is 0 Å². The molecule has 0 aromatic carbocycles. The summed E-state index contributed by atoms with van der Waals surface area (Å²) in [6.07, 6.45) is 4.12. The van der Waals surface area contributed by atoms with Crippen LogP contribution < -0.4 is 16.4 Å². The van der Waals surface area contributed by atoms with Crippen LogP contribution in [0.3, 0.4) is 0 Å². The normalized spacial score (nSPS) is 27.3. The van der Waals surface area contributed by atoms with Gasteiger partial charge in [-0.05, 0) is 32.2 Å². The summed E-state index contributed by atoms with van der Waals surface area (Å²) in [6.45, 7) is 3.26. The molecule has 1 fully saturated rings. The van der Waals surface area contributed by atoms with Gasteiger partial charge in [0, 0.05) is 12.1 Å². The van der Waals surface area contributed by atoms with E-state index in [4.69, 9.17) is 5.73 Å². The van der Waals surface area contributed by atoms with Crippen molar-refractivity contribution in [3.05, 3.63) is 0 Å². The summed E-state index contributed by atoms with van der Waals surface area (Å²) < 4.78 is 0. The van der Waals surface area contributed by atoms with E-state index in [2.05, 4.69) is 10.6 Å². The molecule has 0 saturated heterocycles. The molecule has 0 spiro atoms. The smallest absolute Gasteiger partial charge is 0.234 e. The molecule has 4 nitrogen and oxygen atoms in total. The summed E-state index contributed by atoms with van der Waals surface area (Å²) in [5, 5.41) is 6.03. The van der Waals surface area contributed by atoms with Gasteiger partial charge < -0.3 is 16.4 Å². The summed E-state index contributed by atoms with van der Waals surface area (Å²) in [6, 6.07) is 0.692. The molecule has 0 aliphatic heterocycles. The maximum Gasteiger partial charge on any atom is 0.234 e. The van der Waals surface area contributed by atoms with Gasteiger partial charge in [-0.2, -0.15) is 0 Å². The van der Waals surface area contributed by atoms with Crippen molar-refractivity contribution in [2.45, 2.75) is 44.7 Å². The Morgan fingerprint density at radius 2 is 2.00 bits per heavy atom. The van der Waals surface area contributed by atoms with E-state index in [9.17, 15) is 4.79 Å². The minimum atomic E-state index is 0.104. The number of hydrogen-bond donors (Lipinski definition) is 3. The zero-order valence-electron chi connectivity index (χ0n) is 8.88. The first-order valence-corrected chi connectivity index (χ1v) is 5.48. The van der Waals surface area contributed by atoms with E-state index in [0.29, 0.717) is 18.6 Å². The molecular weight excluding hydrogens is 178 g/mol. The standard InChI is InChI=1S/C10H21N3O/c1-2-12-7-10(14)13-9-5-3-8(11)4-6-9/h8-9,12H,2-7,11H2,1H3,(H,13,14). The summed E-state index contributed by atoms with van der Waals surface area (Å²) in [5.74, 6) is 0.104. The second-order valence-corrected chi connectivity index (χ2v) is 3.96. The number of carbonyl (C=O) groups excluding carboxylic acids is 1. The maximum absolute atomic E-state index is 11.3. The van der Waals surface area contributed by atoms with E-state index in [1.54, 1.807) is 0 Å².